The molecule has 1 rings (SSSR count). The van der Waals surface area contributed by atoms with Crippen molar-refractivity contribution in [3.63, 3.8) is 0 Å². The molecule has 0 spiro atoms. The molecule has 0 aromatic heterocycles. The van der Waals surface area contributed by atoms with Gasteiger partial charge in [-0.25, -0.2) is 0 Å². The number of likely N-dealkylation sites (tertiary alicyclic amines) is 1. The van der Waals surface area contributed by atoms with Crippen LogP contribution < -0.4 is 5.73 Å². The number of nitrogens with two attached hydrogens (primary N) is 1. The molecule has 0 aliphatic carbocycles. The third-order valence-corrected chi connectivity index (χ3v) is 3.91. The molecule has 2 N–H and O–H groups in total. The van der Waals surface area contributed by atoms with Crippen molar-refractivity contribution in [2.45, 2.75) is 46.7 Å². The van der Waals surface area contributed by atoms with Crippen molar-refractivity contribution in [2.75, 3.05) is 13.1 Å². The fraction of sp³-hybridized carbons (Fsp3) is 1.00. The quantitative estimate of drug-likeness (QED) is 0.711. The van der Waals surface area contributed by atoms with Crippen LogP contribution in [0.2, 0.25) is 0 Å². The van der Waals surface area contributed by atoms with Crippen LogP contribution in [-0.4, -0.2) is 24.2 Å². The Morgan fingerprint density at radius 2 is 1.62 bits per heavy atom. The van der Waals surface area contributed by atoms with E-state index in [9.17, 15) is 0 Å². The molecule has 1 atom stereocenters. The smallest absolute Gasteiger partial charge is 0.0542 e. The van der Waals surface area contributed by atoms with E-state index < -0.39 is 0 Å². The van der Waals surface area contributed by atoms with E-state index in [2.05, 4.69) is 32.6 Å². The van der Waals surface area contributed by atoms with Gasteiger partial charge in [-0.3, -0.25) is 4.90 Å². The summed E-state index contributed by atoms with van der Waals surface area (Å²) in [4.78, 5) is 2.38. The van der Waals surface area contributed by atoms with Crippen molar-refractivity contribution in [1.82, 2.24) is 4.90 Å². The van der Waals surface area contributed by atoms with E-state index in [0.29, 0.717) is 5.41 Å². The van der Waals surface area contributed by atoms with Gasteiger partial charge in [-0.15, -0.1) is 0 Å². The highest BCUT2D eigenvalue weighted by molar-refractivity contribution is 4.85. The number of nitrogens with zero attached hydrogens (tertiary/aromatic N) is 1. The standard InChI is InChI=1S/C11H24N2/c1-9(2)11(4)5-7-13(8-6-11)10(3)12/h9-10H,5-8,12H2,1-4H3/t10-/m0/s1. The first-order valence-corrected chi connectivity index (χ1v) is 5.45. The van der Waals surface area contributed by atoms with Crippen LogP contribution in [0.15, 0.2) is 0 Å². The normalized spacial score (nSPS) is 26.3. The highest BCUT2D eigenvalue weighted by Gasteiger charge is 2.33. The predicted molar refractivity (Wildman–Crippen MR) is 57.4 cm³/mol. The zero-order valence-electron chi connectivity index (χ0n) is 9.51. The minimum Gasteiger partial charge on any atom is -0.316 e. The molecular formula is C11H24N2. The molecule has 1 fully saturated rings. The molecule has 2 heteroatoms. The fourth-order valence-electron chi connectivity index (χ4n) is 2.02. The van der Waals surface area contributed by atoms with Crippen molar-refractivity contribution >= 4 is 0 Å². The molecule has 0 radical (unpaired) electrons. The average molecular weight is 184 g/mol. The first kappa shape index (κ1) is 11.0. The van der Waals surface area contributed by atoms with Gasteiger partial charge in [0.05, 0.1) is 6.17 Å². The molecule has 1 saturated heterocycles. The Morgan fingerprint density at radius 1 is 1.15 bits per heavy atom. The molecule has 0 aromatic rings. The van der Waals surface area contributed by atoms with Gasteiger partial charge in [0.25, 0.3) is 0 Å². The van der Waals surface area contributed by atoms with E-state index >= 15 is 0 Å². The van der Waals surface area contributed by atoms with Crippen LogP contribution in [0.1, 0.15) is 40.5 Å². The lowest BCUT2D eigenvalue weighted by Crippen LogP contribution is -2.48. The Kier molecular flexibility index (Phi) is 3.36. The van der Waals surface area contributed by atoms with Crippen LogP contribution in [-0.2, 0) is 0 Å². The van der Waals surface area contributed by atoms with Crippen LogP contribution in [0, 0.1) is 11.3 Å². The topological polar surface area (TPSA) is 29.3 Å². The van der Waals surface area contributed by atoms with Gasteiger partial charge in [-0.05, 0) is 31.1 Å². The van der Waals surface area contributed by atoms with Crippen LogP contribution >= 0.6 is 0 Å². The number of piperidine rings is 1. The first-order valence-electron chi connectivity index (χ1n) is 5.45. The van der Waals surface area contributed by atoms with Crippen molar-refractivity contribution in [3.8, 4) is 0 Å². The second-order valence-corrected chi connectivity index (χ2v) is 5.09. The molecular weight excluding hydrogens is 160 g/mol. The number of hydrogen-bond donors (Lipinski definition) is 1. The number of hydrogen-bond acceptors (Lipinski definition) is 2. The molecule has 0 amide bonds. The Hall–Kier alpha value is -0.0800. The molecule has 0 bridgehead atoms. The van der Waals surface area contributed by atoms with Crippen molar-refractivity contribution in [2.24, 2.45) is 17.1 Å². The average Bonchev–Trinajstić information content (AvgIpc) is 2.04. The lowest BCUT2D eigenvalue weighted by molar-refractivity contribution is 0.0589. The Morgan fingerprint density at radius 3 is 1.92 bits per heavy atom. The summed E-state index contributed by atoms with van der Waals surface area (Å²) in [6.07, 6.45) is 2.83. The summed E-state index contributed by atoms with van der Waals surface area (Å²) in [5.41, 5.74) is 6.40. The molecule has 1 aliphatic heterocycles. The Bertz CT molecular complexity index is 155. The van der Waals surface area contributed by atoms with E-state index in [-0.39, 0.29) is 6.17 Å². The van der Waals surface area contributed by atoms with E-state index in [0.717, 1.165) is 5.92 Å². The second kappa shape index (κ2) is 3.97. The molecule has 0 saturated carbocycles. The summed E-state index contributed by atoms with van der Waals surface area (Å²) < 4.78 is 0. The lowest BCUT2D eigenvalue weighted by Gasteiger charge is -2.43. The van der Waals surface area contributed by atoms with E-state index in [1.165, 1.54) is 25.9 Å². The summed E-state index contributed by atoms with van der Waals surface area (Å²) >= 11 is 0. The Labute approximate surface area is 82.5 Å². The van der Waals surface area contributed by atoms with Crippen molar-refractivity contribution in [1.29, 1.82) is 0 Å². The van der Waals surface area contributed by atoms with Gasteiger partial charge in [0, 0.05) is 13.1 Å². The van der Waals surface area contributed by atoms with E-state index in [1.807, 2.05) is 0 Å². The maximum atomic E-state index is 5.86. The van der Waals surface area contributed by atoms with Crippen LogP contribution in [0.3, 0.4) is 0 Å². The molecule has 2 nitrogen and oxygen atoms in total. The maximum absolute atomic E-state index is 5.86. The summed E-state index contributed by atoms with van der Waals surface area (Å²) in [5, 5.41) is 0. The van der Waals surface area contributed by atoms with Gasteiger partial charge >= 0.3 is 0 Å². The Balaban J connectivity index is 2.47. The van der Waals surface area contributed by atoms with Crippen LogP contribution in [0.5, 0.6) is 0 Å². The van der Waals surface area contributed by atoms with Crippen LogP contribution in [0.25, 0.3) is 0 Å². The van der Waals surface area contributed by atoms with Gasteiger partial charge in [-0.2, -0.15) is 0 Å². The molecule has 1 heterocycles. The molecule has 0 unspecified atom stereocenters. The van der Waals surface area contributed by atoms with Gasteiger partial charge in [-0.1, -0.05) is 20.8 Å². The lowest BCUT2D eigenvalue weighted by atomic mass is 9.72. The maximum Gasteiger partial charge on any atom is 0.0542 e. The van der Waals surface area contributed by atoms with Gasteiger partial charge in [0.15, 0.2) is 0 Å². The molecule has 0 aromatic carbocycles. The third-order valence-electron chi connectivity index (χ3n) is 3.91. The fourth-order valence-corrected chi connectivity index (χ4v) is 2.02. The summed E-state index contributed by atoms with van der Waals surface area (Å²) in [5.74, 6) is 0.794. The monoisotopic (exact) mass is 184 g/mol. The minimum atomic E-state index is 0.233. The minimum absolute atomic E-state index is 0.233. The third kappa shape index (κ3) is 2.44. The van der Waals surface area contributed by atoms with Gasteiger partial charge < -0.3 is 5.73 Å². The van der Waals surface area contributed by atoms with Gasteiger partial charge in [0.1, 0.15) is 0 Å². The van der Waals surface area contributed by atoms with E-state index in [1.54, 1.807) is 0 Å². The zero-order chi connectivity index (χ0) is 10.1. The summed E-state index contributed by atoms with van der Waals surface area (Å²) in [7, 11) is 0. The highest BCUT2D eigenvalue weighted by atomic mass is 15.2. The van der Waals surface area contributed by atoms with Crippen molar-refractivity contribution < 1.29 is 0 Å². The molecule has 78 valence electrons. The highest BCUT2D eigenvalue weighted by Crippen LogP contribution is 2.38. The molecule has 13 heavy (non-hydrogen) atoms. The van der Waals surface area contributed by atoms with Crippen molar-refractivity contribution in [3.05, 3.63) is 0 Å². The predicted octanol–water partition coefficient (Wildman–Crippen LogP) is 2.05. The SMILES string of the molecule is CC(C)C1(C)CCN([C@@H](C)N)CC1. The molecule has 1 aliphatic rings. The largest absolute Gasteiger partial charge is 0.316 e. The summed E-state index contributed by atoms with van der Waals surface area (Å²) in [6.45, 7) is 11.5. The zero-order valence-corrected chi connectivity index (χ0v) is 9.51. The summed E-state index contributed by atoms with van der Waals surface area (Å²) in [6, 6.07) is 0. The number of rotatable bonds is 2. The van der Waals surface area contributed by atoms with E-state index in [4.69, 9.17) is 5.73 Å². The second-order valence-electron chi connectivity index (χ2n) is 5.09. The van der Waals surface area contributed by atoms with Gasteiger partial charge in [0.2, 0.25) is 0 Å². The first-order chi connectivity index (χ1) is 5.96. The van der Waals surface area contributed by atoms with Crippen LogP contribution in [0.4, 0.5) is 0 Å².